The van der Waals surface area contributed by atoms with Crippen LogP contribution in [0.4, 0.5) is 0 Å². The molecule has 4 aliphatic carbocycles. The third-order valence-electron chi connectivity index (χ3n) is 8.81. The van der Waals surface area contributed by atoms with Gasteiger partial charge in [-0.2, -0.15) is 0 Å². The molecule has 0 heterocycles. The van der Waals surface area contributed by atoms with Crippen LogP contribution in [0.2, 0.25) is 0 Å². The summed E-state index contributed by atoms with van der Waals surface area (Å²) in [5, 5.41) is 10.6. The number of ether oxygens (including phenoxy) is 1. The van der Waals surface area contributed by atoms with Crippen molar-refractivity contribution in [3.63, 3.8) is 0 Å². The Labute approximate surface area is 146 Å². The molecular weight excluding hydrogens is 300 g/mol. The Bertz CT molecular complexity index is 517. The number of hydrogen-bond acceptors (Lipinski definition) is 3. The Morgan fingerprint density at radius 2 is 1.79 bits per heavy atom. The lowest BCUT2D eigenvalue weighted by Gasteiger charge is -2.60. The SMILES string of the molecule is CC(=O)O[C@@H]1[C@@H](O)C[C@H]2[C@@H]3CC[C@H]4CCCC[C@]4(C)[C@H]3CC[C@]12C. The zero-order valence-electron chi connectivity index (χ0n) is 15.6. The van der Waals surface area contributed by atoms with E-state index in [0.717, 1.165) is 30.6 Å². The van der Waals surface area contributed by atoms with Crippen LogP contribution in [0.1, 0.15) is 78.6 Å². The Balaban J connectivity index is 1.62. The van der Waals surface area contributed by atoms with Gasteiger partial charge in [0.15, 0.2) is 0 Å². The fraction of sp³-hybridized carbons (Fsp3) is 0.952. The van der Waals surface area contributed by atoms with Gasteiger partial charge in [-0.1, -0.05) is 26.7 Å². The number of carbonyl (C=O) groups is 1. The lowest BCUT2D eigenvalue weighted by molar-refractivity contribution is -0.167. The second-order valence-corrected chi connectivity index (χ2v) is 9.78. The van der Waals surface area contributed by atoms with E-state index >= 15 is 0 Å². The first kappa shape index (κ1) is 16.9. The molecule has 4 fully saturated rings. The maximum atomic E-state index is 11.6. The number of fused-ring (bicyclic) bond motifs is 5. The molecule has 0 radical (unpaired) electrons. The van der Waals surface area contributed by atoms with Crippen molar-refractivity contribution in [1.82, 2.24) is 0 Å². The molecule has 0 aliphatic heterocycles. The molecule has 4 saturated carbocycles. The van der Waals surface area contributed by atoms with Crippen LogP contribution in [0.15, 0.2) is 0 Å². The van der Waals surface area contributed by atoms with E-state index in [1.54, 1.807) is 0 Å². The topological polar surface area (TPSA) is 46.5 Å². The standard InChI is InChI=1S/C21H34O3/c1-13(22)24-19-18(23)12-17-15-8-7-14-6-4-5-10-20(14,2)16(15)9-11-21(17,19)3/h14-19,23H,4-12H2,1-3H3/t14-,15-,16+,17+,18+,19-,20+,21+/m1/s1. The van der Waals surface area contributed by atoms with Crippen molar-refractivity contribution in [3.05, 3.63) is 0 Å². The highest BCUT2D eigenvalue weighted by Crippen LogP contribution is 2.66. The van der Waals surface area contributed by atoms with Crippen LogP contribution in [-0.4, -0.2) is 23.3 Å². The number of carbonyl (C=O) groups excluding carboxylic acids is 1. The van der Waals surface area contributed by atoms with Crippen molar-refractivity contribution < 1.29 is 14.6 Å². The highest BCUT2D eigenvalue weighted by molar-refractivity contribution is 5.66. The average molecular weight is 335 g/mol. The van der Waals surface area contributed by atoms with Crippen molar-refractivity contribution in [3.8, 4) is 0 Å². The fourth-order valence-electron chi connectivity index (χ4n) is 7.66. The van der Waals surface area contributed by atoms with Crippen molar-refractivity contribution in [2.24, 2.45) is 34.5 Å². The number of hydrogen-bond donors (Lipinski definition) is 1. The molecule has 24 heavy (non-hydrogen) atoms. The molecule has 136 valence electrons. The van der Waals surface area contributed by atoms with Crippen LogP contribution in [0.5, 0.6) is 0 Å². The molecule has 0 spiro atoms. The van der Waals surface area contributed by atoms with Crippen molar-refractivity contribution in [2.75, 3.05) is 0 Å². The van der Waals surface area contributed by atoms with E-state index in [4.69, 9.17) is 4.74 Å². The number of rotatable bonds is 1. The third-order valence-corrected chi connectivity index (χ3v) is 8.81. The molecule has 0 amide bonds. The smallest absolute Gasteiger partial charge is 0.303 e. The van der Waals surface area contributed by atoms with Gasteiger partial charge in [0, 0.05) is 12.3 Å². The zero-order valence-corrected chi connectivity index (χ0v) is 15.6. The molecule has 4 rings (SSSR count). The summed E-state index contributed by atoms with van der Waals surface area (Å²) in [6.07, 6.45) is 10.8. The number of esters is 1. The second-order valence-electron chi connectivity index (χ2n) is 9.78. The summed E-state index contributed by atoms with van der Waals surface area (Å²) in [6, 6.07) is 0. The van der Waals surface area contributed by atoms with E-state index in [1.807, 2.05) is 0 Å². The van der Waals surface area contributed by atoms with Crippen LogP contribution in [0.3, 0.4) is 0 Å². The largest absolute Gasteiger partial charge is 0.459 e. The molecule has 3 nitrogen and oxygen atoms in total. The van der Waals surface area contributed by atoms with Gasteiger partial charge in [-0.3, -0.25) is 4.79 Å². The normalized spacial score (nSPS) is 53.7. The molecule has 0 saturated heterocycles. The van der Waals surface area contributed by atoms with Crippen molar-refractivity contribution in [1.29, 1.82) is 0 Å². The fourth-order valence-corrected chi connectivity index (χ4v) is 7.66. The zero-order chi connectivity index (χ0) is 17.1. The summed E-state index contributed by atoms with van der Waals surface area (Å²) in [6.45, 7) is 6.33. The lowest BCUT2D eigenvalue weighted by Crippen LogP contribution is -2.53. The van der Waals surface area contributed by atoms with E-state index in [9.17, 15) is 9.90 Å². The van der Waals surface area contributed by atoms with E-state index in [2.05, 4.69) is 13.8 Å². The third kappa shape index (κ3) is 2.29. The predicted octanol–water partition coefficient (Wildman–Crippen LogP) is 4.32. The highest BCUT2D eigenvalue weighted by atomic mass is 16.6. The van der Waals surface area contributed by atoms with Gasteiger partial charge >= 0.3 is 5.97 Å². The Hall–Kier alpha value is -0.570. The van der Waals surface area contributed by atoms with E-state index < -0.39 is 6.10 Å². The predicted molar refractivity (Wildman–Crippen MR) is 93.3 cm³/mol. The number of aliphatic hydroxyl groups excluding tert-OH is 1. The monoisotopic (exact) mass is 334 g/mol. The van der Waals surface area contributed by atoms with Crippen LogP contribution in [0.25, 0.3) is 0 Å². The summed E-state index contributed by atoms with van der Waals surface area (Å²) in [7, 11) is 0. The molecule has 0 aromatic carbocycles. The van der Waals surface area contributed by atoms with Gasteiger partial charge in [-0.15, -0.1) is 0 Å². The first-order chi connectivity index (χ1) is 11.4. The van der Waals surface area contributed by atoms with E-state index in [0.29, 0.717) is 11.3 Å². The van der Waals surface area contributed by atoms with Crippen LogP contribution < -0.4 is 0 Å². The van der Waals surface area contributed by atoms with E-state index in [-0.39, 0.29) is 17.5 Å². The Morgan fingerprint density at radius 3 is 2.54 bits per heavy atom. The minimum atomic E-state index is -0.473. The molecule has 0 aromatic heterocycles. The van der Waals surface area contributed by atoms with Crippen molar-refractivity contribution >= 4 is 5.97 Å². The Kier molecular flexibility index (Phi) is 4.02. The maximum absolute atomic E-state index is 11.6. The molecule has 3 heteroatoms. The molecule has 0 aromatic rings. The summed E-state index contributed by atoms with van der Waals surface area (Å²) in [5.74, 6) is 2.74. The number of aliphatic hydroxyl groups is 1. The molecular formula is C21H34O3. The minimum Gasteiger partial charge on any atom is -0.459 e. The average Bonchev–Trinajstić information content (AvgIpc) is 2.78. The second kappa shape index (κ2) is 5.72. The van der Waals surface area contributed by atoms with Gasteiger partial charge in [0.2, 0.25) is 0 Å². The van der Waals surface area contributed by atoms with Gasteiger partial charge in [-0.25, -0.2) is 0 Å². The van der Waals surface area contributed by atoms with Gasteiger partial charge in [0.25, 0.3) is 0 Å². The van der Waals surface area contributed by atoms with Crippen LogP contribution in [0, 0.1) is 34.5 Å². The first-order valence-corrected chi connectivity index (χ1v) is 10.2. The summed E-state index contributed by atoms with van der Waals surface area (Å²) in [4.78, 5) is 11.6. The quantitative estimate of drug-likeness (QED) is 0.726. The minimum absolute atomic E-state index is 0.0237. The summed E-state index contributed by atoms with van der Waals surface area (Å²) in [5.41, 5.74) is 0.497. The molecule has 0 bridgehead atoms. The Morgan fingerprint density at radius 1 is 1.00 bits per heavy atom. The van der Waals surface area contributed by atoms with Crippen LogP contribution >= 0.6 is 0 Å². The van der Waals surface area contributed by atoms with E-state index in [1.165, 1.54) is 51.9 Å². The summed E-state index contributed by atoms with van der Waals surface area (Å²) >= 11 is 0. The van der Waals surface area contributed by atoms with Gasteiger partial charge in [0.1, 0.15) is 6.10 Å². The van der Waals surface area contributed by atoms with Gasteiger partial charge < -0.3 is 9.84 Å². The molecule has 1 N–H and O–H groups in total. The molecule has 0 unspecified atom stereocenters. The van der Waals surface area contributed by atoms with Gasteiger partial charge in [0.05, 0.1) is 6.10 Å². The highest BCUT2D eigenvalue weighted by Gasteiger charge is 2.62. The van der Waals surface area contributed by atoms with Gasteiger partial charge in [-0.05, 0) is 74.0 Å². The maximum Gasteiger partial charge on any atom is 0.303 e. The molecule has 4 aliphatic rings. The summed E-state index contributed by atoms with van der Waals surface area (Å²) < 4.78 is 5.62. The lowest BCUT2D eigenvalue weighted by atomic mass is 9.45. The first-order valence-electron chi connectivity index (χ1n) is 10.2. The van der Waals surface area contributed by atoms with Crippen LogP contribution in [-0.2, 0) is 9.53 Å². The van der Waals surface area contributed by atoms with Crippen molar-refractivity contribution in [2.45, 2.75) is 90.8 Å². The molecule has 8 atom stereocenters.